The summed E-state index contributed by atoms with van der Waals surface area (Å²) in [6.45, 7) is 5.35. The number of carbonyl (C=O) groups excluding carboxylic acids is 2. The smallest absolute Gasteiger partial charge is 0.228 e. The minimum atomic E-state index is -0.00153. The van der Waals surface area contributed by atoms with E-state index in [1.807, 2.05) is 48.2 Å². The zero-order chi connectivity index (χ0) is 18.5. The number of benzene rings is 2. The van der Waals surface area contributed by atoms with Gasteiger partial charge < -0.3 is 9.80 Å². The van der Waals surface area contributed by atoms with Crippen molar-refractivity contribution in [1.29, 1.82) is 0 Å². The summed E-state index contributed by atoms with van der Waals surface area (Å²) >= 11 is 0. The molecular weight excluding hydrogens is 324 g/mol. The van der Waals surface area contributed by atoms with Gasteiger partial charge in [0.25, 0.3) is 0 Å². The van der Waals surface area contributed by atoms with Crippen molar-refractivity contribution in [2.75, 3.05) is 18.0 Å². The van der Waals surface area contributed by atoms with Gasteiger partial charge in [0.1, 0.15) is 0 Å². The van der Waals surface area contributed by atoms with Gasteiger partial charge in [0.15, 0.2) is 0 Å². The van der Waals surface area contributed by atoms with E-state index in [4.69, 9.17) is 0 Å². The van der Waals surface area contributed by atoms with Crippen molar-refractivity contribution in [1.82, 2.24) is 4.90 Å². The fourth-order valence-corrected chi connectivity index (χ4v) is 3.54. The maximum atomic E-state index is 12.8. The summed E-state index contributed by atoms with van der Waals surface area (Å²) in [5.74, 6) is 0.0889. The van der Waals surface area contributed by atoms with Crippen molar-refractivity contribution in [2.24, 2.45) is 0 Å². The standard InChI is InChI=1S/C22H26N2O2/c1-17-7-5-8-19(15-17)16-23(18(2)25)14-12-22(26)24-13-6-10-20-9-3-4-11-21(20)24/h3-5,7-9,11,15H,6,10,12-14,16H2,1-2H3. The molecule has 0 unspecified atom stereocenters. The summed E-state index contributed by atoms with van der Waals surface area (Å²) in [5.41, 5.74) is 4.52. The third kappa shape index (κ3) is 4.31. The molecule has 2 aromatic rings. The Morgan fingerprint density at radius 2 is 1.92 bits per heavy atom. The summed E-state index contributed by atoms with van der Waals surface area (Å²) in [5, 5.41) is 0. The predicted octanol–water partition coefficient (Wildman–Crippen LogP) is 3.71. The number of amides is 2. The predicted molar refractivity (Wildman–Crippen MR) is 104 cm³/mol. The van der Waals surface area contributed by atoms with E-state index in [1.54, 1.807) is 11.8 Å². The fourth-order valence-electron chi connectivity index (χ4n) is 3.54. The minimum Gasteiger partial charge on any atom is -0.338 e. The lowest BCUT2D eigenvalue weighted by molar-refractivity contribution is -0.130. The normalized spacial score (nSPS) is 13.2. The van der Waals surface area contributed by atoms with Crippen LogP contribution in [-0.2, 0) is 22.6 Å². The van der Waals surface area contributed by atoms with Crippen LogP contribution in [0.3, 0.4) is 0 Å². The quantitative estimate of drug-likeness (QED) is 0.825. The summed E-state index contributed by atoms with van der Waals surface area (Å²) in [4.78, 5) is 28.4. The van der Waals surface area contributed by atoms with Crippen molar-refractivity contribution in [3.8, 4) is 0 Å². The largest absolute Gasteiger partial charge is 0.338 e. The van der Waals surface area contributed by atoms with Crippen LogP contribution in [0.25, 0.3) is 0 Å². The van der Waals surface area contributed by atoms with Gasteiger partial charge >= 0.3 is 0 Å². The number of carbonyl (C=O) groups is 2. The molecule has 0 saturated heterocycles. The Labute approximate surface area is 155 Å². The molecule has 0 bridgehead atoms. The molecule has 0 radical (unpaired) electrons. The Morgan fingerprint density at radius 3 is 2.69 bits per heavy atom. The summed E-state index contributed by atoms with van der Waals surface area (Å²) in [6.07, 6.45) is 2.36. The SMILES string of the molecule is CC(=O)N(CCC(=O)N1CCCc2ccccc21)Cc1cccc(C)c1. The van der Waals surface area contributed by atoms with Gasteiger partial charge in [-0.05, 0) is 37.0 Å². The van der Waals surface area contributed by atoms with Gasteiger partial charge in [-0.15, -0.1) is 0 Å². The van der Waals surface area contributed by atoms with Gasteiger partial charge in [-0.1, -0.05) is 48.0 Å². The maximum Gasteiger partial charge on any atom is 0.228 e. The van der Waals surface area contributed by atoms with E-state index in [1.165, 1.54) is 11.1 Å². The molecule has 0 fully saturated rings. The molecule has 0 spiro atoms. The zero-order valence-corrected chi connectivity index (χ0v) is 15.6. The summed E-state index contributed by atoms with van der Waals surface area (Å²) < 4.78 is 0. The molecule has 2 aromatic carbocycles. The van der Waals surface area contributed by atoms with Crippen molar-refractivity contribution < 1.29 is 9.59 Å². The number of anilines is 1. The molecule has 26 heavy (non-hydrogen) atoms. The first-order valence-corrected chi connectivity index (χ1v) is 9.24. The van der Waals surface area contributed by atoms with Crippen LogP contribution >= 0.6 is 0 Å². The highest BCUT2D eigenvalue weighted by Crippen LogP contribution is 2.27. The molecule has 3 rings (SSSR count). The molecule has 4 heteroatoms. The minimum absolute atomic E-state index is 0.00153. The highest BCUT2D eigenvalue weighted by atomic mass is 16.2. The van der Waals surface area contributed by atoms with E-state index in [2.05, 4.69) is 12.1 Å². The van der Waals surface area contributed by atoms with Gasteiger partial charge in [0.2, 0.25) is 11.8 Å². The molecule has 0 N–H and O–H groups in total. The number of hydrogen-bond donors (Lipinski definition) is 0. The van der Waals surface area contributed by atoms with Crippen LogP contribution in [0, 0.1) is 6.92 Å². The van der Waals surface area contributed by atoms with Gasteiger partial charge in [-0.3, -0.25) is 9.59 Å². The molecular formula is C22H26N2O2. The fraction of sp³-hybridized carbons (Fsp3) is 0.364. The van der Waals surface area contributed by atoms with E-state index >= 15 is 0 Å². The lowest BCUT2D eigenvalue weighted by atomic mass is 10.0. The third-order valence-electron chi connectivity index (χ3n) is 4.91. The topological polar surface area (TPSA) is 40.6 Å². The highest BCUT2D eigenvalue weighted by molar-refractivity contribution is 5.94. The van der Waals surface area contributed by atoms with Crippen molar-refractivity contribution >= 4 is 17.5 Å². The number of fused-ring (bicyclic) bond motifs is 1. The van der Waals surface area contributed by atoms with Crippen molar-refractivity contribution in [3.05, 3.63) is 65.2 Å². The Hall–Kier alpha value is -2.62. The second-order valence-corrected chi connectivity index (χ2v) is 6.96. The van der Waals surface area contributed by atoms with E-state index in [9.17, 15) is 9.59 Å². The lowest BCUT2D eigenvalue weighted by Gasteiger charge is -2.30. The summed E-state index contributed by atoms with van der Waals surface area (Å²) in [7, 11) is 0. The molecule has 0 aliphatic carbocycles. The number of para-hydroxylation sites is 1. The second kappa shape index (κ2) is 8.17. The second-order valence-electron chi connectivity index (χ2n) is 6.96. The van der Waals surface area contributed by atoms with Gasteiger partial charge in [-0.25, -0.2) is 0 Å². The number of nitrogens with zero attached hydrogens (tertiary/aromatic N) is 2. The van der Waals surface area contributed by atoms with Crippen LogP contribution in [0.1, 0.15) is 36.5 Å². The van der Waals surface area contributed by atoms with E-state index < -0.39 is 0 Å². The van der Waals surface area contributed by atoms with Crippen molar-refractivity contribution in [3.63, 3.8) is 0 Å². The molecule has 0 aromatic heterocycles. The number of hydrogen-bond acceptors (Lipinski definition) is 2. The Balaban J connectivity index is 1.64. The third-order valence-corrected chi connectivity index (χ3v) is 4.91. The highest BCUT2D eigenvalue weighted by Gasteiger charge is 2.22. The van der Waals surface area contributed by atoms with Crippen LogP contribution in [0.15, 0.2) is 48.5 Å². The lowest BCUT2D eigenvalue weighted by Crippen LogP contribution is -2.38. The first-order valence-electron chi connectivity index (χ1n) is 9.24. The van der Waals surface area contributed by atoms with Crippen LogP contribution < -0.4 is 4.90 Å². The van der Waals surface area contributed by atoms with Gasteiger partial charge in [-0.2, -0.15) is 0 Å². The molecule has 1 aliphatic rings. The molecule has 136 valence electrons. The number of rotatable bonds is 5. The van der Waals surface area contributed by atoms with Crippen LogP contribution in [0.4, 0.5) is 5.69 Å². The van der Waals surface area contributed by atoms with Gasteiger partial charge in [0.05, 0.1) is 0 Å². The first kappa shape index (κ1) is 18.2. The Kier molecular flexibility index (Phi) is 5.71. The number of aryl methyl sites for hydroxylation is 2. The zero-order valence-electron chi connectivity index (χ0n) is 15.6. The molecule has 1 heterocycles. The molecule has 2 amide bonds. The Morgan fingerprint density at radius 1 is 1.12 bits per heavy atom. The van der Waals surface area contributed by atoms with Crippen LogP contribution in [0.5, 0.6) is 0 Å². The van der Waals surface area contributed by atoms with E-state index in [0.29, 0.717) is 19.5 Å². The first-order chi connectivity index (χ1) is 12.5. The van der Waals surface area contributed by atoms with E-state index in [0.717, 1.165) is 30.6 Å². The molecule has 0 atom stereocenters. The van der Waals surface area contributed by atoms with E-state index in [-0.39, 0.29) is 11.8 Å². The van der Waals surface area contributed by atoms with Crippen molar-refractivity contribution in [2.45, 2.75) is 39.7 Å². The van der Waals surface area contributed by atoms with Crippen LogP contribution in [0.2, 0.25) is 0 Å². The molecule has 4 nitrogen and oxygen atoms in total. The molecule has 1 aliphatic heterocycles. The molecule has 0 saturated carbocycles. The monoisotopic (exact) mass is 350 g/mol. The Bertz CT molecular complexity index is 800. The maximum absolute atomic E-state index is 12.8. The van der Waals surface area contributed by atoms with Crippen LogP contribution in [-0.4, -0.2) is 29.8 Å². The average Bonchev–Trinajstić information content (AvgIpc) is 2.64. The average molecular weight is 350 g/mol. The summed E-state index contributed by atoms with van der Waals surface area (Å²) in [6, 6.07) is 16.2. The van der Waals surface area contributed by atoms with Gasteiger partial charge in [0, 0.05) is 38.7 Å².